The first-order chi connectivity index (χ1) is 33.0. The predicted octanol–water partition coefficient (Wildman–Crippen LogP) is 17.7. The van der Waals surface area contributed by atoms with E-state index in [9.17, 15) is 19.8 Å². The topological polar surface area (TPSA) is 95.9 Å². The first kappa shape index (κ1) is 64.3. The molecule has 0 aliphatic carbocycles. The van der Waals surface area contributed by atoms with Gasteiger partial charge in [0.15, 0.2) is 0 Å². The highest BCUT2D eigenvalue weighted by Crippen LogP contribution is 2.18. The van der Waals surface area contributed by atoms with Crippen LogP contribution >= 0.6 is 0 Å². The summed E-state index contributed by atoms with van der Waals surface area (Å²) < 4.78 is 5.94. The normalized spacial score (nSPS) is 13.7. The molecule has 6 heteroatoms. The smallest absolute Gasteiger partial charge is 0.306 e. The van der Waals surface area contributed by atoms with Gasteiger partial charge in [0.2, 0.25) is 5.91 Å². The maximum atomic E-state index is 13.3. The summed E-state index contributed by atoms with van der Waals surface area (Å²) in [4.78, 5) is 26.3. The molecule has 0 saturated heterocycles. The summed E-state index contributed by atoms with van der Waals surface area (Å²) in [6.45, 7) is 6.40. The molecular formula is C61H109NO5. The molecule has 0 bridgehead atoms. The van der Waals surface area contributed by atoms with Crippen LogP contribution in [0.4, 0.5) is 0 Å². The van der Waals surface area contributed by atoms with Crippen molar-refractivity contribution < 1.29 is 24.5 Å². The first-order valence-electron chi connectivity index (χ1n) is 28.7. The Labute approximate surface area is 415 Å². The molecule has 0 spiro atoms. The molecule has 0 saturated carbocycles. The summed E-state index contributed by atoms with van der Waals surface area (Å²) in [5.74, 6) is -0.507. The van der Waals surface area contributed by atoms with Gasteiger partial charge in [-0.3, -0.25) is 9.59 Å². The summed E-state index contributed by atoms with van der Waals surface area (Å²) in [6.07, 6.45) is 69.6. The minimum atomic E-state index is -0.798. The third-order valence-corrected chi connectivity index (χ3v) is 12.9. The van der Waals surface area contributed by atoms with E-state index in [2.05, 4.69) is 74.7 Å². The van der Waals surface area contributed by atoms with Gasteiger partial charge in [-0.25, -0.2) is 0 Å². The van der Waals surface area contributed by atoms with Crippen LogP contribution in [0.3, 0.4) is 0 Å². The molecule has 388 valence electrons. The molecule has 3 N–H and O–H groups in total. The lowest BCUT2D eigenvalue weighted by molar-refractivity contribution is -0.151. The summed E-state index contributed by atoms with van der Waals surface area (Å²) in [5.41, 5.74) is 0. The lowest BCUT2D eigenvalue weighted by Gasteiger charge is -2.24. The van der Waals surface area contributed by atoms with Crippen molar-refractivity contribution in [3.63, 3.8) is 0 Å². The van der Waals surface area contributed by atoms with Crippen molar-refractivity contribution in [2.24, 2.45) is 0 Å². The van der Waals surface area contributed by atoms with Crippen molar-refractivity contribution in [3.8, 4) is 0 Å². The largest absolute Gasteiger partial charge is 0.462 e. The quantitative estimate of drug-likeness (QED) is 0.0244. The van der Waals surface area contributed by atoms with E-state index in [4.69, 9.17) is 4.74 Å². The van der Waals surface area contributed by atoms with Gasteiger partial charge < -0.3 is 20.3 Å². The zero-order valence-electron chi connectivity index (χ0n) is 44.3. The van der Waals surface area contributed by atoms with Crippen LogP contribution in [0.15, 0.2) is 72.9 Å². The molecule has 67 heavy (non-hydrogen) atoms. The Morgan fingerprint density at radius 3 is 1.27 bits per heavy atom. The van der Waals surface area contributed by atoms with Crippen LogP contribution in [0.5, 0.6) is 0 Å². The molecule has 0 heterocycles. The first-order valence-corrected chi connectivity index (χ1v) is 28.7. The molecule has 0 rings (SSSR count). The van der Waals surface area contributed by atoms with E-state index < -0.39 is 18.2 Å². The number of nitrogens with one attached hydrogen (secondary N) is 1. The number of hydrogen-bond acceptors (Lipinski definition) is 5. The van der Waals surface area contributed by atoms with Crippen LogP contribution in [0.2, 0.25) is 0 Å². The summed E-state index contributed by atoms with van der Waals surface area (Å²) in [7, 11) is 0. The third-order valence-electron chi connectivity index (χ3n) is 12.9. The van der Waals surface area contributed by atoms with Crippen LogP contribution in [0, 0.1) is 0 Å². The van der Waals surface area contributed by atoms with Gasteiger partial charge in [0, 0.05) is 6.42 Å². The van der Waals surface area contributed by atoms with Gasteiger partial charge in [0.25, 0.3) is 0 Å². The Hall–Kier alpha value is -2.70. The summed E-state index contributed by atoms with van der Waals surface area (Å²) in [5, 5.41) is 23.9. The van der Waals surface area contributed by atoms with E-state index in [1.807, 2.05) is 24.3 Å². The van der Waals surface area contributed by atoms with E-state index in [1.54, 1.807) is 0 Å². The number of allylic oxidation sites excluding steroid dienone is 12. The van der Waals surface area contributed by atoms with E-state index in [1.165, 1.54) is 141 Å². The van der Waals surface area contributed by atoms with Crippen LogP contribution in [0.1, 0.15) is 278 Å². The number of ether oxygens (including phenoxy) is 1. The second-order valence-electron chi connectivity index (χ2n) is 19.5. The van der Waals surface area contributed by atoms with E-state index in [-0.39, 0.29) is 24.9 Å². The monoisotopic (exact) mass is 936 g/mol. The van der Waals surface area contributed by atoms with Crippen molar-refractivity contribution in [2.45, 2.75) is 296 Å². The Bertz CT molecular complexity index is 1230. The van der Waals surface area contributed by atoms with Crippen molar-refractivity contribution in [3.05, 3.63) is 72.9 Å². The molecule has 0 aromatic heterocycles. The zero-order chi connectivity index (χ0) is 48.8. The molecule has 0 radical (unpaired) electrons. The fourth-order valence-electron chi connectivity index (χ4n) is 8.52. The Morgan fingerprint density at radius 1 is 0.433 bits per heavy atom. The molecule has 0 aliphatic heterocycles. The second kappa shape index (κ2) is 54.2. The highest BCUT2D eigenvalue weighted by atomic mass is 16.5. The average Bonchev–Trinajstić information content (AvgIpc) is 3.32. The Kier molecular flexibility index (Phi) is 52.1. The SMILES string of the molecule is CCC/C=C/C=C/C=C/C=C/C=C/CCCCCCCC(=O)OC(CCCCCCC/C=C\CCCCCC)CC(=O)NC(CO)C(O)CCCCCCCCCCCCCCCCCCC. The van der Waals surface area contributed by atoms with Crippen molar-refractivity contribution in [1.29, 1.82) is 0 Å². The molecule has 0 aromatic carbocycles. The van der Waals surface area contributed by atoms with Gasteiger partial charge in [0.1, 0.15) is 6.10 Å². The van der Waals surface area contributed by atoms with Gasteiger partial charge in [-0.05, 0) is 70.6 Å². The predicted molar refractivity (Wildman–Crippen MR) is 291 cm³/mol. The van der Waals surface area contributed by atoms with Crippen molar-refractivity contribution in [2.75, 3.05) is 6.61 Å². The molecule has 3 atom stereocenters. The van der Waals surface area contributed by atoms with Crippen molar-refractivity contribution in [1.82, 2.24) is 5.32 Å². The van der Waals surface area contributed by atoms with Crippen LogP contribution < -0.4 is 5.32 Å². The van der Waals surface area contributed by atoms with Gasteiger partial charge in [-0.15, -0.1) is 0 Å². The van der Waals surface area contributed by atoms with Crippen LogP contribution in [-0.2, 0) is 14.3 Å². The van der Waals surface area contributed by atoms with Gasteiger partial charge in [-0.2, -0.15) is 0 Å². The maximum absolute atomic E-state index is 13.3. The molecular weight excluding hydrogens is 827 g/mol. The van der Waals surface area contributed by atoms with Crippen molar-refractivity contribution >= 4 is 11.9 Å². The number of aliphatic hydroxyl groups is 2. The number of carbonyl (C=O) groups is 2. The molecule has 3 unspecified atom stereocenters. The highest BCUT2D eigenvalue weighted by molar-refractivity contribution is 5.77. The fraction of sp³-hybridized carbons (Fsp3) is 0.770. The fourth-order valence-corrected chi connectivity index (χ4v) is 8.52. The zero-order valence-corrected chi connectivity index (χ0v) is 44.3. The molecule has 1 amide bonds. The molecule has 0 fully saturated rings. The lowest BCUT2D eigenvalue weighted by Crippen LogP contribution is -2.46. The number of unbranched alkanes of at least 4 members (excludes halogenated alkanes) is 31. The van der Waals surface area contributed by atoms with E-state index in [0.717, 1.165) is 89.9 Å². The van der Waals surface area contributed by atoms with Gasteiger partial charge >= 0.3 is 5.97 Å². The maximum Gasteiger partial charge on any atom is 0.306 e. The number of hydrogen-bond donors (Lipinski definition) is 3. The minimum absolute atomic E-state index is 0.0594. The molecule has 0 aromatic rings. The summed E-state index contributed by atoms with van der Waals surface area (Å²) in [6, 6.07) is -0.713. The van der Waals surface area contributed by atoms with Gasteiger partial charge in [0.05, 0.1) is 25.2 Å². The number of esters is 1. The van der Waals surface area contributed by atoms with Crippen LogP contribution in [0.25, 0.3) is 0 Å². The number of rotatable bonds is 51. The molecule has 0 aliphatic rings. The van der Waals surface area contributed by atoms with Gasteiger partial charge in [-0.1, -0.05) is 267 Å². The number of carbonyl (C=O) groups excluding carboxylic acids is 2. The number of amides is 1. The Balaban J connectivity index is 4.57. The second-order valence-corrected chi connectivity index (χ2v) is 19.5. The standard InChI is InChI=1S/C61H109NO5/c1-4-7-10-13-16-19-22-25-27-29-31-33-36-39-42-45-48-51-54-61(66)67-57(52-49-46-43-40-37-34-24-21-18-15-12-9-6-3)55-60(65)62-58(56-63)59(64)53-50-47-44-41-38-35-32-30-28-26-23-20-17-14-11-8-5-2/h10,13,16,19,21-22,24-25,27,29,31,33,57-59,63-64H,4-9,11-12,14-15,17-18,20,23,26,28,30,32,34-56H2,1-3H3,(H,62,65)/b13-10+,19-16+,24-21-,25-22+,29-27+,33-31+. The third kappa shape index (κ3) is 49.5. The average molecular weight is 937 g/mol. The Morgan fingerprint density at radius 2 is 0.806 bits per heavy atom. The lowest BCUT2D eigenvalue weighted by atomic mass is 10.0. The minimum Gasteiger partial charge on any atom is -0.462 e. The highest BCUT2D eigenvalue weighted by Gasteiger charge is 2.24. The van der Waals surface area contributed by atoms with Crippen LogP contribution in [-0.4, -0.2) is 46.9 Å². The van der Waals surface area contributed by atoms with E-state index >= 15 is 0 Å². The van der Waals surface area contributed by atoms with E-state index in [0.29, 0.717) is 19.3 Å². The molecule has 6 nitrogen and oxygen atoms in total. The summed E-state index contributed by atoms with van der Waals surface area (Å²) >= 11 is 0. The number of aliphatic hydroxyl groups excluding tert-OH is 2.